The molecule has 0 radical (unpaired) electrons. The monoisotopic (exact) mass is 301 g/mol. The van der Waals surface area contributed by atoms with Crippen LogP contribution in [-0.4, -0.2) is 20.2 Å². The number of benzene rings is 1. The molecule has 0 aliphatic heterocycles. The molecule has 112 valence electrons. The van der Waals surface area contributed by atoms with Gasteiger partial charge in [-0.15, -0.1) is 0 Å². The van der Waals surface area contributed by atoms with Gasteiger partial charge < -0.3 is 5.73 Å². The summed E-state index contributed by atoms with van der Waals surface area (Å²) in [4.78, 5) is 8.26. The van der Waals surface area contributed by atoms with Crippen LogP contribution in [0.1, 0.15) is 30.0 Å². The van der Waals surface area contributed by atoms with Gasteiger partial charge in [0.05, 0.1) is 5.69 Å². The Bertz CT molecular complexity index is 899. The van der Waals surface area contributed by atoms with Crippen LogP contribution in [0.2, 0.25) is 0 Å². The van der Waals surface area contributed by atoms with Gasteiger partial charge in [-0.1, -0.05) is 0 Å². The zero-order chi connectivity index (χ0) is 15.4. The minimum atomic E-state index is -0.562. The Kier molecular flexibility index (Phi) is 2.66. The minimum absolute atomic E-state index is 0.0905. The van der Waals surface area contributed by atoms with Gasteiger partial charge in [0, 0.05) is 11.3 Å². The number of H-pyrrole nitrogens is 1. The van der Waals surface area contributed by atoms with E-state index in [1.165, 1.54) is 6.07 Å². The number of fused-ring (bicyclic) bond motifs is 1. The Morgan fingerprint density at radius 3 is 2.73 bits per heavy atom. The van der Waals surface area contributed by atoms with Crippen molar-refractivity contribution in [2.45, 2.75) is 25.7 Å². The van der Waals surface area contributed by atoms with Gasteiger partial charge in [0.1, 0.15) is 17.0 Å². The number of rotatable bonds is 2. The number of aryl methyl sites for hydroxylation is 1. The predicted octanol–water partition coefficient (Wildman–Crippen LogP) is 3.07. The van der Waals surface area contributed by atoms with Crippen molar-refractivity contribution in [2.75, 3.05) is 5.73 Å². The number of hydrogen-bond acceptors (Lipinski definition) is 4. The summed E-state index contributed by atoms with van der Waals surface area (Å²) >= 11 is 0. The molecule has 1 fully saturated rings. The number of nitrogens with zero attached hydrogens (tertiary/aromatic N) is 3. The number of nitrogen functional groups attached to an aromatic ring is 1. The molecule has 0 amide bonds. The van der Waals surface area contributed by atoms with E-state index in [9.17, 15) is 8.78 Å². The molecule has 2 heterocycles. The van der Waals surface area contributed by atoms with E-state index in [1.807, 2.05) is 0 Å². The van der Waals surface area contributed by atoms with Crippen molar-refractivity contribution in [3.05, 3.63) is 35.0 Å². The van der Waals surface area contributed by atoms with Crippen molar-refractivity contribution in [1.29, 1.82) is 0 Å². The van der Waals surface area contributed by atoms with Gasteiger partial charge in [0.2, 0.25) is 0 Å². The highest BCUT2D eigenvalue weighted by atomic mass is 19.1. The number of anilines is 1. The van der Waals surface area contributed by atoms with Crippen LogP contribution in [0.3, 0.4) is 0 Å². The Morgan fingerprint density at radius 2 is 2.00 bits per heavy atom. The second-order valence-corrected chi connectivity index (χ2v) is 5.65. The van der Waals surface area contributed by atoms with Crippen molar-refractivity contribution < 1.29 is 8.78 Å². The van der Waals surface area contributed by atoms with Crippen LogP contribution in [0, 0.1) is 18.6 Å². The van der Waals surface area contributed by atoms with Crippen molar-refractivity contribution >= 4 is 16.7 Å². The van der Waals surface area contributed by atoms with Gasteiger partial charge in [-0.05, 0) is 37.5 Å². The normalized spacial score (nSPS) is 14.7. The molecule has 22 heavy (non-hydrogen) atoms. The maximum absolute atomic E-state index is 14.0. The number of nitrogens with one attached hydrogen (secondary N) is 1. The molecule has 1 aromatic carbocycles. The van der Waals surface area contributed by atoms with Gasteiger partial charge >= 0.3 is 0 Å². The Balaban J connectivity index is 1.96. The Hall–Kier alpha value is -2.57. The molecule has 0 saturated heterocycles. The quantitative estimate of drug-likeness (QED) is 0.762. The molecule has 3 N–H and O–H groups in total. The van der Waals surface area contributed by atoms with E-state index in [1.54, 1.807) is 13.0 Å². The van der Waals surface area contributed by atoms with E-state index in [2.05, 4.69) is 20.2 Å². The smallest absolute Gasteiger partial charge is 0.187 e. The first kappa shape index (κ1) is 13.1. The second kappa shape index (κ2) is 4.46. The number of halogens is 2. The molecule has 3 aromatic rings. The fraction of sp³-hybridized carbons (Fsp3) is 0.267. The standard InChI is InChI=1S/C15H13F2N5/c1-6-4-8-12(9(16)5-6)21-22-13(8)15-19-11(7-2-3-7)10(17)14(18)20-15/h4-5,7H,2-3H2,1H3,(H,21,22)(H2,18,19,20). The third-order valence-electron chi connectivity index (χ3n) is 3.85. The van der Waals surface area contributed by atoms with E-state index in [4.69, 9.17) is 5.73 Å². The molecular formula is C15H13F2N5. The lowest BCUT2D eigenvalue weighted by atomic mass is 10.1. The molecule has 1 aliphatic carbocycles. The fourth-order valence-electron chi connectivity index (χ4n) is 2.60. The van der Waals surface area contributed by atoms with Crippen molar-refractivity contribution in [3.63, 3.8) is 0 Å². The molecule has 0 bridgehead atoms. The summed E-state index contributed by atoms with van der Waals surface area (Å²) in [5, 5.41) is 7.29. The molecule has 4 rings (SSSR count). The summed E-state index contributed by atoms with van der Waals surface area (Å²) in [7, 11) is 0. The lowest BCUT2D eigenvalue weighted by Gasteiger charge is -2.06. The van der Waals surface area contributed by atoms with Gasteiger partial charge in [0.15, 0.2) is 17.5 Å². The van der Waals surface area contributed by atoms with Gasteiger partial charge in [-0.3, -0.25) is 5.10 Å². The van der Waals surface area contributed by atoms with Crippen LogP contribution in [0.15, 0.2) is 12.1 Å². The third-order valence-corrected chi connectivity index (χ3v) is 3.85. The average molecular weight is 301 g/mol. The van der Waals surface area contributed by atoms with Crippen molar-refractivity contribution in [3.8, 4) is 11.5 Å². The average Bonchev–Trinajstić information content (AvgIpc) is 3.21. The number of aromatic amines is 1. The van der Waals surface area contributed by atoms with Crippen LogP contribution in [-0.2, 0) is 0 Å². The van der Waals surface area contributed by atoms with Crippen LogP contribution < -0.4 is 5.73 Å². The highest BCUT2D eigenvalue weighted by molar-refractivity contribution is 5.92. The summed E-state index contributed by atoms with van der Waals surface area (Å²) in [6.45, 7) is 1.79. The molecule has 7 heteroatoms. The largest absolute Gasteiger partial charge is 0.381 e. The van der Waals surface area contributed by atoms with Crippen molar-refractivity contribution in [1.82, 2.24) is 20.2 Å². The molecule has 1 saturated carbocycles. The molecule has 0 atom stereocenters. The minimum Gasteiger partial charge on any atom is -0.381 e. The summed E-state index contributed by atoms with van der Waals surface area (Å²) in [6.07, 6.45) is 1.78. The summed E-state index contributed by atoms with van der Waals surface area (Å²) in [5.41, 5.74) is 7.40. The molecule has 0 spiro atoms. The summed E-state index contributed by atoms with van der Waals surface area (Å²) in [6, 6.07) is 3.21. The molecule has 1 aliphatic rings. The first-order valence-electron chi connectivity index (χ1n) is 7.02. The van der Waals surface area contributed by atoms with E-state index in [-0.39, 0.29) is 23.1 Å². The lowest BCUT2D eigenvalue weighted by Crippen LogP contribution is -2.05. The second-order valence-electron chi connectivity index (χ2n) is 5.65. The molecule has 5 nitrogen and oxygen atoms in total. The molecule has 2 aromatic heterocycles. The highest BCUT2D eigenvalue weighted by Gasteiger charge is 2.31. The lowest BCUT2D eigenvalue weighted by molar-refractivity contribution is 0.598. The molecule has 0 unspecified atom stereocenters. The van der Waals surface area contributed by atoms with E-state index >= 15 is 0 Å². The Labute approximate surface area is 124 Å². The number of aromatic nitrogens is 4. The SMILES string of the molecule is Cc1cc(F)c2[nH]nc(-c3nc(N)c(F)c(C4CC4)n3)c2c1. The first-order chi connectivity index (χ1) is 10.5. The zero-order valence-electron chi connectivity index (χ0n) is 11.8. The fourth-order valence-corrected chi connectivity index (χ4v) is 2.60. The van der Waals surface area contributed by atoms with Crippen LogP contribution in [0.25, 0.3) is 22.4 Å². The van der Waals surface area contributed by atoms with E-state index in [0.29, 0.717) is 16.8 Å². The van der Waals surface area contributed by atoms with Crippen LogP contribution in [0.5, 0.6) is 0 Å². The number of hydrogen-bond donors (Lipinski definition) is 2. The summed E-state index contributed by atoms with van der Waals surface area (Å²) in [5.74, 6) is -0.847. The first-order valence-corrected chi connectivity index (χ1v) is 7.02. The van der Waals surface area contributed by atoms with Crippen molar-refractivity contribution in [2.24, 2.45) is 0 Å². The zero-order valence-corrected chi connectivity index (χ0v) is 11.8. The maximum Gasteiger partial charge on any atom is 0.187 e. The van der Waals surface area contributed by atoms with Gasteiger partial charge in [0.25, 0.3) is 0 Å². The highest BCUT2D eigenvalue weighted by Crippen LogP contribution is 2.41. The van der Waals surface area contributed by atoms with E-state index < -0.39 is 11.6 Å². The van der Waals surface area contributed by atoms with Gasteiger partial charge in [-0.2, -0.15) is 5.10 Å². The topological polar surface area (TPSA) is 80.5 Å². The van der Waals surface area contributed by atoms with Crippen LogP contribution >= 0.6 is 0 Å². The van der Waals surface area contributed by atoms with E-state index in [0.717, 1.165) is 18.4 Å². The van der Waals surface area contributed by atoms with Crippen LogP contribution in [0.4, 0.5) is 14.6 Å². The summed E-state index contributed by atoms with van der Waals surface area (Å²) < 4.78 is 28.0. The third kappa shape index (κ3) is 1.93. The van der Waals surface area contributed by atoms with Gasteiger partial charge in [-0.25, -0.2) is 18.7 Å². The maximum atomic E-state index is 14.0. The number of nitrogens with two attached hydrogens (primary N) is 1. The Morgan fingerprint density at radius 1 is 1.23 bits per heavy atom. The molecular weight excluding hydrogens is 288 g/mol. The predicted molar refractivity (Wildman–Crippen MR) is 78.2 cm³/mol.